The number of anilines is 1. The maximum absolute atomic E-state index is 13.4. The van der Waals surface area contributed by atoms with Crippen molar-refractivity contribution in [2.24, 2.45) is 0 Å². The van der Waals surface area contributed by atoms with E-state index in [1.54, 1.807) is 61.5 Å². The molecular weight excluding hydrogens is 437 g/mol. The van der Waals surface area contributed by atoms with E-state index in [0.717, 1.165) is 0 Å². The van der Waals surface area contributed by atoms with Gasteiger partial charge in [0.15, 0.2) is 0 Å². The van der Waals surface area contributed by atoms with Crippen LogP contribution in [-0.2, 0) is 25.5 Å². The molecule has 1 N–H and O–H groups in total. The highest BCUT2D eigenvalue weighted by Gasteiger charge is 2.46. The van der Waals surface area contributed by atoms with E-state index >= 15 is 0 Å². The Hall–Kier alpha value is -4.26. The van der Waals surface area contributed by atoms with Crippen molar-refractivity contribution in [3.63, 3.8) is 0 Å². The van der Waals surface area contributed by atoms with Gasteiger partial charge in [0.25, 0.3) is 11.7 Å². The average molecular weight is 459 g/mol. The topological polar surface area (TPSA) is 83.9 Å². The lowest BCUT2D eigenvalue weighted by molar-refractivity contribution is -0.142. The molecule has 1 saturated heterocycles. The van der Waals surface area contributed by atoms with Crippen molar-refractivity contribution in [2.45, 2.75) is 19.4 Å². The second-order valence-corrected chi connectivity index (χ2v) is 7.73. The predicted molar refractivity (Wildman–Crippen MR) is 124 cm³/mol. The van der Waals surface area contributed by atoms with Crippen LogP contribution in [0.5, 0.6) is 0 Å². The second-order valence-electron chi connectivity index (χ2n) is 7.73. The summed E-state index contributed by atoms with van der Waals surface area (Å²) in [5, 5.41) is 11.0. The Labute approximate surface area is 195 Å². The molecule has 1 heterocycles. The molecule has 4 rings (SSSR count). The highest BCUT2D eigenvalue weighted by Crippen LogP contribution is 2.42. The molecule has 0 aromatic heterocycles. The van der Waals surface area contributed by atoms with E-state index in [0.29, 0.717) is 16.8 Å². The lowest BCUT2D eigenvalue weighted by atomic mass is 9.95. The van der Waals surface area contributed by atoms with E-state index in [2.05, 4.69) is 0 Å². The molecule has 0 radical (unpaired) electrons. The lowest BCUT2D eigenvalue weighted by Gasteiger charge is -2.25. The van der Waals surface area contributed by atoms with Gasteiger partial charge in [-0.3, -0.25) is 19.3 Å². The fraction of sp³-hybridized carbons (Fsp3) is 0.148. The van der Waals surface area contributed by atoms with Crippen LogP contribution in [0.15, 0.2) is 84.4 Å². The van der Waals surface area contributed by atoms with Crippen molar-refractivity contribution in [1.82, 2.24) is 0 Å². The fourth-order valence-corrected chi connectivity index (χ4v) is 3.97. The molecule has 1 amide bonds. The summed E-state index contributed by atoms with van der Waals surface area (Å²) in [6, 6.07) is 19.7. The van der Waals surface area contributed by atoms with E-state index in [-0.39, 0.29) is 35.9 Å². The summed E-state index contributed by atoms with van der Waals surface area (Å²) < 4.78 is 18.4. The molecule has 0 aliphatic carbocycles. The number of hydrogen-bond acceptors (Lipinski definition) is 5. The van der Waals surface area contributed by atoms with Crippen LogP contribution in [0.25, 0.3) is 5.76 Å². The summed E-state index contributed by atoms with van der Waals surface area (Å²) in [7, 11) is 0. The number of ether oxygens (including phenoxy) is 1. The monoisotopic (exact) mass is 459 g/mol. The van der Waals surface area contributed by atoms with Gasteiger partial charge in [0.05, 0.1) is 24.6 Å². The quantitative estimate of drug-likeness (QED) is 0.253. The van der Waals surface area contributed by atoms with Crippen LogP contribution in [0, 0.1) is 5.82 Å². The largest absolute Gasteiger partial charge is 0.507 e. The fourth-order valence-electron chi connectivity index (χ4n) is 3.97. The van der Waals surface area contributed by atoms with E-state index < -0.39 is 23.5 Å². The van der Waals surface area contributed by atoms with Crippen LogP contribution in [0.1, 0.15) is 29.7 Å². The summed E-state index contributed by atoms with van der Waals surface area (Å²) >= 11 is 0. The first kappa shape index (κ1) is 22.9. The Morgan fingerprint density at radius 1 is 0.971 bits per heavy atom. The van der Waals surface area contributed by atoms with Gasteiger partial charge >= 0.3 is 5.97 Å². The Morgan fingerprint density at radius 3 is 2.24 bits per heavy atom. The molecule has 1 atom stereocenters. The number of rotatable bonds is 6. The van der Waals surface area contributed by atoms with Crippen LogP contribution in [-0.4, -0.2) is 29.4 Å². The predicted octanol–water partition coefficient (Wildman–Crippen LogP) is 4.56. The third-order valence-electron chi connectivity index (χ3n) is 5.55. The third-order valence-corrected chi connectivity index (χ3v) is 5.55. The molecule has 172 valence electrons. The van der Waals surface area contributed by atoms with Crippen molar-refractivity contribution < 1.29 is 28.6 Å². The number of carbonyl (C=O) groups is 3. The molecule has 7 heteroatoms. The molecule has 0 spiro atoms. The van der Waals surface area contributed by atoms with Gasteiger partial charge in [-0.25, -0.2) is 4.39 Å². The van der Waals surface area contributed by atoms with Gasteiger partial charge in [-0.2, -0.15) is 0 Å². The number of aliphatic hydroxyl groups is 1. The summed E-state index contributed by atoms with van der Waals surface area (Å²) in [5.41, 5.74) is 1.90. The molecule has 1 aliphatic heterocycles. The number of ketones is 1. The first-order valence-corrected chi connectivity index (χ1v) is 10.8. The molecule has 34 heavy (non-hydrogen) atoms. The smallest absolute Gasteiger partial charge is 0.310 e. The third kappa shape index (κ3) is 4.45. The molecule has 1 fully saturated rings. The normalized spacial score (nSPS) is 17.1. The Bertz CT molecular complexity index is 1250. The van der Waals surface area contributed by atoms with E-state index in [1.165, 1.54) is 29.2 Å². The molecule has 1 unspecified atom stereocenters. The van der Waals surface area contributed by atoms with Crippen molar-refractivity contribution in [3.8, 4) is 0 Å². The molecule has 0 saturated carbocycles. The Morgan fingerprint density at radius 2 is 1.62 bits per heavy atom. The van der Waals surface area contributed by atoms with Crippen LogP contribution >= 0.6 is 0 Å². The summed E-state index contributed by atoms with van der Waals surface area (Å²) in [4.78, 5) is 39.3. The number of aliphatic hydroxyl groups excluding tert-OH is 1. The van der Waals surface area contributed by atoms with E-state index in [1.807, 2.05) is 0 Å². The van der Waals surface area contributed by atoms with Gasteiger partial charge < -0.3 is 9.84 Å². The first-order valence-electron chi connectivity index (χ1n) is 10.8. The van der Waals surface area contributed by atoms with Crippen LogP contribution < -0.4 is 4.90 Å². The van der Waals surface area contributed by atoms with Crippen molar-refractivity contribution >= 4 is 29.1 Å². The molecule has 3 aromatic carbocycles. The highest BCUT2D eigenvalue weighted by molar-refractivity contribution is 6.51. The zero-order chi connectivity index (χ0) is 24.2. The van der Waals surface area contributed by atoms with Crippen LogP contribution in [0.2, 0.25) is 0 Å². The number of nitrogens with zero attached hydrogens (tertiary/aromatic N) is 1. The standard InChI is InChI=1S/C27H22FNO5/c1-2-34-22(30)16-17-8-14-21(15-9-17)29-24(18-6-4-3-5-7-18)23(26(32)27(29)33)25(31)19-10-12-20(28)13-11-19/h3-15,24,31H,2,16H2,1H3/b25-23+. The van der Waals surface area contributed by atoms with Crippen LogP contribution in [0.4, 0.5) is 10.1 Å². The zero-order valence-corrected chi connectivity index (χ0v) is 18.4. The molecule has 6 nitrogen and oxygen atoms in total. The molecule has 0 bridgehead atoms. The SMILES string of the molecule is CCOC(=O)Cc1ccc(N2C(=O)C(=O)/C(=C(/O)c3ccc(F)cc3)C2c2ccccc2)cc1. The van der Waals surface area contributed by atoms with Gasteiger partial charge in [0, 0.05) is 11.3 Å². The van der Waals surface area contributed by atoms with Crippen molar-refractivity contribution in [2.75, 3.05) is 11.5 Å². The second kappa shape index (κ2) is 9.70. The van der Waals surface area contributed by atoms with Gasteiger partial charge in [0.1, 0.15) is 11.6 Å². The first-order chi connectivity index (χ1) is 16.4. The minimum absolute atomic E-state index is 0.0830. The molecular formula is C27H22FNO5. The van der Waals surface area contributed by atoms with Gasteiger partial charge in [-0.05, 0) is 54.4 Å². The average Bonchev–Trinajstić information content (AvgIpc) is 3.11. The number of hydrogen-bond donors (Lipinski definition) is 1. The van der Waals surface area contributed by atoms with Gasteiger partial charge in [-0.1, -0.05) is 42.5 Å². The minimum Gasteiger partial charge on any atom is -0.507 e. The zero-order valence-electron chi connectivity index (χ0n) is 18.4. The number of benzene rings is 3. The Balaban J connectivity index is 1.78. The van der Waals surface area contributed by atoms with Crippen molar-refractivity contribution in [1.29, 1.82) is 0 Å². The number of carbonyl (C=O) groups excluding carboxylic acids is 3. The lowest BCUT2D eigenvalue weighted by Crippen LogP contribution is -2.29. The summed E-state index contributed by atoms with van der Waals surface area (Å²) in [6.07, 6.45) is 0.0830. The number of amides is 1. The van der Waals surface area contributed by atoms with Gasteiger partial charge in [-0.15, -0.1) is 0 Å². The van der Waals surface area contributed by atoms with Gasteiger partial charge in [0.2, 0.25) is 0 Å². The summed E-state index contributed by atoms with van der Waals surface area (Å²) in [5.74, 6) is -2.87. The molecule has 1 aliphatic rings. The summed E-state index contributed by atoms with van der Waals surface area (Å²) in [6.45, 7) is 2.01. The Kier molecular flexibility index (Phi) is 6.54. The van der Waals surface area contributed by atoms with Crippen molar-refractivity contribution in [3.05, 3.63) is 107 Å². The van der Waals surface area contributed by atoms with E-state index in [4.69, 9.17) is 4.74 Å². The maximum atomic E-state index is 13.4. The van der Waals surface area contributed by atoms with Crippen LogP contribution in [0.3, 0.4) is 0 Å². The number of esters is 1. The highest BCUT2D eigenvalue weighted by atomic mass is 19.1. The number of Topliss-reactive ketones (excluding diaryl/α,β-unsaturated/α-hetero) is 1. The molecule has 3 aromatic rings. The minimum atomic E-state index is -0.887. The maximum Gasteiger partial charge on any atom is 0.310 e. The van der Waals surface area contributed by atoms with E-state index in [9.17, 15) is 23.9 Å². The number of halogens is 1.